The largest absolute Gasteiger partial charge is 0.322 e. The molecule has 0 bridgehead atoms. The monoisotopic (exact) mass is 422 g/mol. The molecule has 0 spiro atoms. The standard InChI is InChI=1S/C23H14N6OS/c24-14-15-3-5-17(6-4-15)23(30)25-18-9-7-16(8-10-18)19-11-12-21-26-27-22(29(21)28-19)20-2-1-13-31-20/h1-13H,(H,25,30). The predicted molar refractivity (Wildman–Crippen MR) is 119 cm³/mol. The number of nitriles is 1. The van der Waals surface area contributed by atoms with E-state index in [4.69, 9.17) is 10.4 Å². The molecule has 0 unspecified atom stereocenters. The number of rotatable bonds is 4. The third-order valence-electron chi connectivity index (χ3n) is 4.72. The first-order valence-electron chi connectivity index (χ1n) is 9.39. The van der Waals surface area contributed by atoms with Crippen LogP contribution in [-0.2, 0) is 0 Å². The SMILES string of the molecule is N#Cc1ccc(C(=O)Nc2ccc(-c3ccc4nnc(-c5cccs5)n4n3)cc2)cc1. The van der Waals surface area contributed by atoms with E-state index in [1.54, 1.807) is 40.1 Å². The van der Waals surface area contributed by atoms with Crippen LogP contribution in [0.3, 0.4) is 0 Å². The van der Waals surface area contributed by atoms with E-state index in [2.05, 4.69) is 15.5 Å². The zero-order valence-corrected chi connectivity index (χ0v) is 16.9. The maximum atomic E-state index is 12.4. The minimum Gasteiger partial charge on any atom is -0.322 e. The number of nitrogens with zero attached hydrogens (tertiary/aromatic N) is 5. The fourth-order valence-corrected chi connectivity index (χ4v) is 3.82. The molecule has 0 saturated carbocycles. The van der Waals surface area contributed by atoms with Gasteiger partial charge in [0.15, 0.2) is 11.5 Å². The van der Waals surface area contributed by atoms with Gasteiger partial charge in [-0.25, -0.2) is 0 Å². The summed E-state index contributed by atoms with van der Waals surface area (Å²) in [6.07, 6.45) is 0. The molecule has 3 heterocycles. The lowest BCUT2D eigenvalue weighted by Crippen LogP contribution is -2.11. The summed E-state index contributed by atoms with van der Waals surface area (Å²) >= 11 is 1.59. The number of carbonyl (C=O) groups is 1. The van der Waals surface area contributed by atoms with Crippen LogP contribution in [0.25, 0.3) is 27.6 Å². The summed E-state index contributed by atoms with van der Waals surface area (Å²) < 4.78 is 1.74. The molecule has 0 saturated heterocycles. The lowest BCUT2D eigenvalue weighted by Gasteiger charge is -2.07. The van der Waals surface area contributed by atoms with Crippen molar-refractivity contribution in [2.24, 2.45) is 0 Å². The first-order chi connectivity index (χ1) is 15.2. The molecule has 5 rings (SSSR count). The summed E-state index contributed by atoms with van der Waals surface area (Å²) in [6.45, 7) is 0. The molecule has 0 atom stereocenters. The summed E-state index contributed by atoms with van der Waals surface area (Å²) in [5, 5.41) is 26.9. The van der Waals surface area contributed by atoms with Crippen LogP contribution in [0.5, 0.6) is 0 Å². The molecule has 5 aromatic rings. The average molecular weight is 422 g/mol. The lowest BCUT2D eigenvalue weighted by molar-refractivity contribution is 0.102. The van der Waals surface area contributed by atoms with E-state index in [1.165, 1.54) is 0 Å². The molecule has 0 aliphatic heterocycles. The highest BCUT2D eigenvalue weighted by atomic mass is 32.1. The van der Waals surface area contributed by atoms with Gasteiger partial charge in [0, 0.05) is 16.8 Å². The number of thiophene rings is 1. The normalized spacial score (nSPS) is 10.7. The fourth-order valence-electron chi connectivity index (χ4n) is 3.13. The lowest BCUT2D eigenvalue weighted by atomic mass is 10.1. The van der Waals surface area contributed by atoms with Crippen LogP contribution in [0, 0.1) is 11.3 Å². The van der Waals surface area contributed by atoms with E-state index in [9.17, 15) is 4.79 Å². The molecular weight excluding hydrogens is 408 g/mol. The zero-order chi connectivity index (χ0) is 21.2. The van der Waals surface area contributed by atoms with E-state index in [1.807, 2.05) is 60.0 Å². The van der Waals surface area contributed by atoms with Crippen LogP contribution in [0.1, 0.15) is 15.9 Å². The molecule has 7 nitrogen and oxygen atoms in total. The van der Waals surface area contributed by atoms with Gasteiger partial charge < -0.3 is 5.32 Å². The van der Waals surface area contributed by atoms with Gasteiger partial charge in [-0.05, 0) is 60.0 Å². The van der Waals surface area contributed by atoms with Gasteiger partial charge in [0.2, 0.25) is 0 Å². The zero-order valence-electron chi connectivity index (χ0n) is 16.1. The molecule has 8 heteroatoms. The maximum absolute atomic E-state index is 12.4. The van der Waals surface area contributed by atoms with E-state index < -0.39 is 0 Å². The van der Waals surface area contributed by atoms with E-state index >= 15 is 0 Å². The Labute approximate surface area is 181 Å². The number of hydrogen-bond donors (Lipinski definition) is 1. The van der Waals surface area contributed by atoms with Crippen molar-refractivity contribution in [2.75, 3.05) is 5.32 Å². The first kappa shape index (κ1) is 18.7. The molecule has 1 amide bonds. The van der Waals surface area contributed by atoms with Crippen molar-refractivity contribution in [2.45, 2.75) is 0 Å². The second-order valence-electron chi connectivity index (χ2n) is 6.71. The third kappa shape index (κ3) is 3.66. The molecule has 0 aliphatic rings. The summed E-state index contributed by atoms with van der Waals surface area (Å²) in [5.74, 6) is 0.472. The molecule has 3 aromatic heterocycles. The summed E-state index contributed by atoms with van der Waals surface area (Å²) in [5.41, 5.74) is 4.03. The Balaban J connectivity index is 1.38. The highest BCUT2D eigenvalue weighted by molar-refractivity contribution is 7.13. The molecule has 0 aliphatic carbocycles. The number of fused-ring (bicyclic) bond motifs is 1. The van der Waals surface area contributed by atoms with Gasteiger partial charge >= 0.3 is 0 Å². The summed E-state index contributed by atoms with van der Waals surface area (Å²) in [7, 11) is 0. The number of nitrogens with one attached hydrogen (secondary N) is 1. The van der Waals surface area contributed by atoms with Crippen molar-refractivity contribution < 1.29 is 4.79 Å². The van der Waals surface area contributed by atoms with Gasteiger partial charge in [0.1, 0.15) is 0 Å². The molecule has 0 fully saturated rings. The third-order valence-corrected chi connectivity index (χ3v) is 5.58. The molecule has 1 N–H and O–H groups in total. The Hall–Kier alpha value is -4.35. The Morgan fingerprint density at radius 1 is 0.968 bits per heavy atom. The van der Waals surface area contributed by atoms with E-state index in [0.29, 0.717) is 28.3 Å². The van der Waals surface area contributed by atoms with Crippen molar-refractivity contribution in [3.63, 3.8) is 0 Å². The van der Waals surface area contributed by atoms with Crippen molar-refractivity contribution >= 4 is 28.6 Å². The minimum absolute atomic E-state index is 0.234. The Bertz CT molecular complexity index is 1410. The van der Waals surface area contributed by atoms with Gasteiger partial charge in [-0.2, -0.15) is 14.9 Å². The quantitative estimate of drug-likeness (QED) is 0.455. The highest BCUT2D eigenvalue weighted by Gasteiger charge is 2.12. The van der Waals surface area contributed by atoms with Crippen LogP contribution in [0.2, 0.25) is 0 Å². The van der Waals surface area contributed by atoms with E-state index in [-0.39, 0.29) is 5.91 Å². The second-order valence-corrected chi connectivity index (χ2v) is 7.66. The fraction of sp³-hybridized carbons (Fsp3) is 0. The van der Waals surface area contributed by atoms with Gasteiger partial charge in [-0.3, -0.25) is 4.79 Å². The van der Waals surface area contributed by atoms with Crippen LogP contribution in [0.15, 0.2) is 78.2 Å². The second kappa shape index (κ2) is 7.82. The van der Waals surface area contributed by atoms with Gasteiger partial charge in [0.25, 0.3) is 5.91 Å². The Kier molecular flexibility index (Phi) is 4.71. The van der Waals surface area contributed by atoms with E-state index in [0.717, 1.165) is 16.1 Å². The van der Waals surface area contributed by atoms with Gasteiger partial charge in [-0.15, -0.1) is 21.5 Å². The average Bonchev–Trinajstić information content (AvgIpc) is 3.49. The molecule has 2 aromatic carbocycles. The Morgan fingerprint density at radius 2 is 1.77 bits per heavy atom. The van der Waals surface area contributed by atoms with Crippen LogP contribution in [0.4, 0.5) is 5.69 Å². The number of anilines is 1. The number of hydrogen-bond acceptors (Lipinski definition) is 6. The van der Waals surface area contributed by atoms with Crippen LogP contribution >= 0.6 is 11.3 Å². The molecule has 148 valence electrons. The molecular formula is C23H14N6OS. The van der Waals surface area contributed by atoms with Crippen molar-refractivity contribution in [1.82, 2.24) is 19.8 Å². The number of aromatic nitrogens is 4. The van der Waals surface area contributed by atoms with Crippen molar-refractivity contribution in [3.8, 4) is 28.0 Å². The topological polar surface area (TPSA) is 96.0 Å². The summed E-state index contributed by atoms with van der Waals surface area (Å²) in [6, 6.07) is 23.7. The van der Waals surface area contributed by atoms with Gasteiger partial charge in [0.05, 0.1) is 22.2 Å². The van der Waals surface area contributed by atoms with Gasteiger partial charge in [-0.1, -0.05) is 18.2 Å². The van der Waals surface area contributed by atoms with Crippen molar-refractivity contribution in [1.29, 1.82) is 5.26 Å². The molecule has 31 heavy (non-hydrogen) atoms. The minimum atomic E-state index is -0.234. The number of carbonyl (C=O) groups excluding carboxylic acids is 1. The first-order valence-corrected chi connectivity index (χ1v) is 10.3. The van der Waals surface area contributed by atoms with Crippen LogP contribution in [-0.4, -0.2) is 25.7 Å². The Morgan fingerprint density at radius 3 is 2.48 bits per heavy atom. The summed E-state index contributed by atoms with van der Waals surface area (Å²) in [4.78, 5) is 13.4. The van der Waals surface area contributed by atoms with Crippen molar-refractivity contribution in [3.05, 3.63) is 89.3 Å². The predicted octanol–water partition coefficient (Wildman–Crippen LogP) is 4.64. The number of benzene rings is 2. The maximum Gasteiger partial charge on any atom is 0.255 e. The number of amides is 1. The van der Waals surface area contributed by atoms with Crippen LogP contribution < -0.4 is 5.32 Å². The molecule has 0 radical (unpaired) electrons. The highest BCUT2D eigenvalue weighted by Crippen LogP contribution is 2.25. The smallest absolute Gasteiger partial charge is 0.255 e.